The van der Waals surface area contributed by atoms with Crippen LogP contribution >= 0.6 is 0 Å². The molecule has 0 bridgehead atoms. The number of rotatable bonds is 6. The highest BCUT2D eigenvalue weighted by atomic mass is 19.1. The van der Waals surface area contributed by atoms with E-state index in [-0.39, 0.29) is 12.4 Å². The minimum absolute atomic E-state index is 0.162. The number of carbonyl (C=O) groups excluding carboxylic acids is 1. The fraction of sp³-hybridized carbons (Fsp3) is 0.0476. The van der Waals surface area contributed by atoms with Crippen molar-refractivity contribution >= 4 is 12.1 Å². The van der Waals surface area contributed by atoms with Gasteiger partial charge in [-0.3, -0.25) is 4.79 Å². The molecular formula is C21H17FN2O2. The Bertz CT molecular complexity index is 893. The van der Waals surface area contributed by atoms with Crippen LogP contribution in [-0.4, -0.2) is 18.7 Å². The minimum Gasteiger partial charge on any atom is -0.484 e. The molecule has 0 aliphatic heterocycles. The van der Waals surface area contributed by atoms with E-state index in [1.807, 2.05) is 54.6 Å². The molecule has 1 N–H and O–H groups in total. The highest BCUT2D eigenvalue weighted by Gasteiger charge is 2.02. The van der Waals surface area contributed by atoms with Crippen LogP contribution in [0.25, 0.3) is 11.1 Å². The summed E-state index contributed by atoms with van der Waals surface area (Å²) in [6.45, 7) is -0.162. The number of benzene rings is 3. The van der Waals surface area contributed by atoms with Gasteiger partial charge >= 0.3 is 0 Å². The number of nitrogens with zero attached hydrogens (tertiary/aromatic N) is 1. The van der Waals surface area contributed by atoms with Gasteiger partial charge in [0.15, 0.2) is 6.61 Å². The first-order chi connectivity index (χ1) is 12.7. The first kappa shape index (κ1) is 17.4. The molecule has 3 aromatic rings. The van der Waals surface area contributed by atoms with E-state index in [0.717, 1.165) is 11.1 Å². The van der Waals surface area contributed by atoms with Crippen LogP contribution in [0.3, 0.4) is 0 Å². The van der Waals surface area contributed by atoms with Crippen molar-refractivity contribution in [2.45, 2.75) is 0 Å². The fourth-order valence-corrected chi connectivity index (χ4v) is 2.32. The molecule has 0 saturated carbocycles. The van der Waals surface area contributed by atoms with Crippen LogP contribution in [0.2, 0.25) is 0 Å². The van der Waals surface area contributed by atoms with Crippen LogP contribution in [0, 0.1) is 5.82 Å². The topological polar surface area (TPSA) is 50.7 Å². The summed E-state index contributed by atoms with van der Waals surface area (Å²) in [6, 6.07) is 23.4. The normalized spacial score (nSPS) is 10.7. The van der Waals surface area contributed by atoms with Crippen molar-refractivity contribution in [3.05, 3.63) is 90.2 Å². The van der Waals surface area contributed by atoms with E-state index in [1.165, 1.54) is 18.3 Å². The monoisotopic (exact) mass is 348 g/mol. The second kappa shape index (κ2) is 8.58. The molecule has 0 aromatic heterocycles. The lowest BCUT2D eigenvalue weighted by Crippen LogP contribution is -2.24. The van der Waals surface area contributed by atoms with Crippen LogP contribution in [-0.2, 0) is 4.79 Å². The van der Waals surface area contributed by atoms with Gasteiger partial charge in [-0.1, -0.05) is 54.6 Å². The van der Waals surface area contributed by atoms with Gasteiger partial charge in [0.1, 0.15) is 11.6 Å². The van der Waals surface area contributed by atoms with Crippen molar-refractivity contribution in [2.24, 2.45) is 5.10 Å². The predicted octanol–water partition coefficient (Wildman–Crippen LogP) is 4.02. The molecule has 3 aromatic carbocycles. The summed E-state index contributed by atoms with van der Waals surface area (Å²) in [4.78, 5) is 11.7. The zero-order valence-corrected chi connectivity index (χ0v) is 13.9. The van der Waals surface area contributed by atoms with Crippen molar-refractivity contribution in [1.82, 2.24) is 5.43 Å². The number of hydrazone groups is 1. The molecule has 0 aliphatic rings. The molecular weight excluding hydrogens is 331 g/mol. The highest BCUT2D eigenvalue weighted by Crippen LogP contribution is 2.21. The van der Waals surface area contributed by atoms with Gasteiger partial charge in [-0.25, -0.2) is 9.82 Å². The van der Waals surface area contributed by atoms with Crippen LogP contribution in [0.1, 0.15) is 5.56 Å². The molecule has 4 nitrogen and oxygen atoms in total. The Morgan fingerprint density at radius 2 is 1.69 bits per heavy atom. The summed E-state index contributed by atoms with van der Waals surface area (Å²) in [7, 11) is 0. The Morgan fingerprint density at radius 1 is 0.962 bits per heavy atom. The van der Waals surface area contributed by atoms with E-state index in [9.17, 15) is 9.18 Å². The molecule has 0 atom stereocenters. The average Bonchev–Trinajstić information content (AvgIpc) is 2.68. The summed E-state index contributed by atoms with van der Waals surface area (Å²) in [5.74, 6) is -0.165. The zero-order valence-electron chi connectivity index (χ0n) is 13.9. The van der Waals surface area contributed by atoms with E-state index in [0.29, 0.717) is 11.3 Å². The molecule has 0 fully saturated rings. The van der Waals surface area contributed by atoms with Gasteiger partial charge in [-0.15, -0.1) is 0 Å². The molecule has 3 rings (SSSR count). The lowest BCUT2D eigenvalue weighted by molar-refractivity contribution is -0.123. The van der Waals surface area contributed by atoms with E-state index >= 15 is 0 Å². The van der Waals surface area contributed by atoms with Crippen molar-refractivity contribution < 1.29 is 13.9 Å². The summed E-state index contributed by atoms with van der Waals surface area (Å²) in [5.41, 5.74) is 5.08. The lowest BCUT2D eigenvalue weighted by Gasteiger charge is -2.06. The van der Waals surface area contributed by atoms with E-state index in [1.54, 1.807) is 12.1 Å². The third-order valence-corrected chi connectivity index (χ3v) is 3.58. The van der Waals surface area contributed by atoms with Crippen LogP contribution in [0.15, 0.2) is 84.0 Å². The molecule has 130 valence electrons. The molecule has 0 heterocycles. The average molecular weight is 348 g/mol. The third kappa shape index (κ3) is 5.01. The molecule has 0 saturated heterocycles. The summed E-state index contributed by atoms with van der Waals surface area (Å²) in [5, 5.41) is 3.78. The van der Waals surface area contributed by atoms with Gasteiger partial charge in [0.2, 0.25) is 0 Å². The maximum absolute atomic E-state index is 13.0. The van der Waals surface area contributed by atoms with Gasteiger partial charge in [0, 0.05) is 0 Å². The smallest absolute Gasteiger partial charge is 0.277 e. The molecule has 1 amide bonds. The minimum atomic E-state index is -0.398. The van der Waals surface area contributed by atoms with Crippen molar-refractivity contribution in [1.29, 1.82) is 0 Å². The number of carbonyl (C=O) groups is 1. The number of amides is 1. The van der Waals surface area contributed by atoms with Gasteiger partial charge in [-0.2, -0.15) is 5.10 Å². The zero-order chi connectivity index (χ0) is 18.2. The second-order valence-corrected chi connectivity index (χ2v) is 5.53. The molecule has 0 unspecified atom stereocenters. The van der Waals surface area contributed by atoms with Gasteiger partial charge in [0.05, 0.1) is 6.21 Å². The van der Waals surface area contributed by atoms with Crippen LogP contribution < -0.4 is 10.2 Å². The van der Waals surface area contributed by atoms with Gasteiger partial charge < -0.3 is 4.74 Å². The molecule has 0 aliphatic carbocycles. The number of hydrogen-bond acceptors (Lipinski definition) is 3. The van der Waals surface area contributed by atoms with Crippen molar-refractivity contribution in [3.8, 4) is 16.9 Å². The number of nitrogens with one attached hydrogen (secondary N) is 1. The van der Waals surface area contributed by atoms with Crippen molar-refractivity contribution in [2.75, 3.05) is 6.61 Å². The Kier molecular flexibility index (Phi) is 5.72. The number of ether oxygens (including phenoxy) is 1. The largest absolute Gasteiger partial charge is 0.484 e. The standard InChI is InChI=1S/C21H17FN2O2/c22-19-8-4-5-16(13-19)14-23-24-21(25)15-26-20-11-9-18(10-12-20)17-6-2-1-3-7-17/h1-14H,15H2,(H,24,25)/b23-14+. The van der Waals surface area contributed by atoms with Gasteiger partial charge in [0.25, 0.3) is 5.91 Å². The maximum Gasteiger partial charge on any atom is 0.277 e. The molecule has 26 heavy (non-hydrogen) atoms. The van der Waals surface area contributed by atoms with Gasteiger partial charge in [-0.05, 0) is 41.0 Å². The molecule has 5 heteroatoms. The first-order valence-corrected chi connectivity index (χ1v) is 8.06. The summed E-state index contributed by atoms with van der Waals surface area (Å²) in [6.07, 6.45) is 1.37. The summed E-state index contributed by atoms with van der Waals surface area (Å²) >= 11 is 0. The SMILES string of the molecule is O=C(COc1ccc(-c2ccccc2)cc1)N/N=C/c1cccc(F)c1. The Balaban J connectivity index is 1.48. The summed E-state index contributed by atoms with van der Waals surface area (Å²) < 4.78 is 18.5. The maximum atomic E-state index is 13.0. The highest BCUT2D eigenvalue weighted by molar-refractivity contribution is 5.82. The molecule has 0 spiro atoms. The quantitative estimate of drug-likeness (QED) is 0.540. The number of halogens is 1. The Hall–Kier alpha value is -3.47. The fourth-order valence-electron chi connectivity index (χ4n) is 2.32. The lowest BCUT2D eigenvalue weighted by atomic mass is 10.1. The van der Waals surface area contributed by atoms with Crippen LogP contribution in [0.5, 0.6) is 5.75 Å². The third-order valence-electron chi connectivity index (χ3n) is 3.58. The van der Waals surface area contributed by atoms with E-state index in [4.69, 9.17) is 4.74 Å². The van der Waals surface area contributed by atoms with E-state index in [2.05, 4.69) is 10.5 Å². The van der Waals surface area contributed by atoms with Crippen LogP contribution in [0.4, 0.5) is 4.39 Å². The second-order valence-electron chi connectivity index (χ2n) is 5.53. The molecule has 0 radical (unpaired) electrons. The van der Waals surface area contributed by atoms with E-state index < -0.39 is 5.91 Å². The van der Waals surface area contributed by atoms with Crippen molar-refractivity contribution in [3.63, 3.8) is 0 Å². The first-order valence-electron chi connectivity index (χ1n) is 8.06. The number of hydrogen-bond donors (Lipinski definition) is 1. The Labute approximate surface area is 150 Å². The Morgan fingerprint density at radius 3 is 2.42 bits per heavy atom. The predicted molar refractivity (Wildman–Crippen MR) is 99.5 cm³/mol.